The van der Waals surface area contributed by atoms with E-state index in [9.17, 15) is 22.0 Å². The Balaban J connectivity index is 1.57. The highest BCUT2D eigenvalue weighted by atomic mass is 32.2. The van der Waals surface area contributed by atoms with Gasteiger partial charge < -0.3 is 14.8 Å². The van der Waals surface area contributed by atoms with E-state index in [-0.39, 0.29) is 31.0 Å². The Morgan fingerprint density at radius 3 is 2.66 bits per heavy atom. The summed E-state index contributed by atoms with van der Waals surface area (Å²) in [5, 5.41) is 2.09. The summed E-state index contributed by atoms with van der Waals surface area (Å²) in [5.41, 5.74) is 0.157. The van der Waals surface area contributed by atoms with Crippen LogP contribution in [0.2, 0.25) is 0 Å². The molecule has 35 heavy (non-hydrogen) atoms. The lowest BCUT2D eigenvalue weighted by Crippen LogP contribution is -2.45. The number of alkyl halides is 1. The maximum atomic E-state index is 14.7. The largest absolute Gasteiger partial charge is 0.353 e. The molecule has 13 heteroatoms. The number of amides is 1. The number of sulfone groups is 1. The van der Waals surface area contributed by atoms with Crippen LogP contribution in [0.3, 0.4) is 0 Å². The van der Waals surface area contributed by atoms with Crippen molar-refractivity contribution in [3.05, 3.63) is 54.5 Å². The fourth-order valence-corrected chi connectivity index (χ4v) is 4.01. The van der Waals surface area contributed by atoms with Gasteiger partial charge in [-0.25, -0.2) is 32.2 Å². The average Bonchev–Trinajstić information content (AvgIpc) is 3.33. The number of ether oxygens (including phenoxy) is 2. The minimum Gasteiger partial charge on any atom is -0.353 e. The Kier molecular flexibility index (Phi) is 6.92. The zero-order valence-corrected chi connectivity index (χ0v) is 19.8. The maximum absolute atomic E-state index is 14.7. The number of rotatable bonds is 7. The molecule has 0 radical (unpaired) electrons. The lowest BCUT2D eigenvalue weighted by Gasteiger charge is -2.37. The highest BCUT2D eigenvalue weighted by Crippen LogP contribution is 2.32. The van der Waals surface area contributed by atoms with Crippen molar-refractivity contribution in [2.45, 2.75) is 18.4 Å². The molecule has 0 aliphatic carbocycles. The first-order chi connectivity index (χ1) is 16.6. The smallest absolute Gasteiger partial charge is 0.251 e. The summed E-state index contributed by atoms with van der Waals surface area (Å²) in [4.78, 5) is 23.3. The molecule has 1 fully saturated rings. The highest BCUT2D eigenvalue weighted by Gasteiger charge is 2.35. The summed E-state index contributed by atoms with van der Waals surface area (Å²) >= 11 is 0. The molecule has 10 nitrogen and oxygen atoms in total. The molecule has 0 unspecified atom stereocenters. The number of carbonyl (C=O) groups is 1. The molecular weight excluding hydrogens is 484 g/mol. The second kappa shape index (κ2) is 9.76. The molecular formula is C22H23F2N5O5S. The Morgan fingerprint density at radius 2 is 1.97 bits per heavy atom. The molecule has 0 saturated carbocycles. The van der Waals surface area contributed by atoms with Crippen molar-refractivity contribution in [1.29, 1.82) is 0 Å². The van der Waals surface area contributed by atoms with Crippen LogP contribution >= 0.6 is 0 Å². The van der Waals surface area contributed by atoms with Gasteiger partial charge in [0.05, 0.1) is 18.9 Å². The van der Waals surface area contributed by atoms with Crippen LogP contribution in [0.25, 0.3) is 16.9 Å². The van der Waals surface area contributed by atoms with Crippen molar-refractivity contribution in [3.8, 4) is 16.9 Å². The topological polar surface area (TPSA) is 125 Å². The van der Waals surface area contributed by atoms with Crippen LogP contribution in [0, 0.1) is 11.2 Å². The summed E-state index contributed by atoms with van der Waals surface area (Å²) in [7, 11) is -3.68. The van der Waals surface area contributed by atoms with E-state index in [4.69, 9.17) is 9.47 Å². The third-order valence-electron chi connectivity index (χ3n) is 5.35. The minimum atomic E-state index is -3.68. The quantitative estimate of drug-likeness (QED) is 0.482. The van der Waals surface area contributed by atoms with Gasteiger partial charge in [-0.1, -0.05) is 6.92 Å². The van der Waals surface area contributed by atoms with Crippen molar-refractivity contribution in [2.24, 2.45) is 5.41 Å². The molecule has 1 amide bonds. The number of imidazole rings is 1. The molecule has 0 atom stereocenters. The number of benzene rings is 1. The van der Waals surface area contributed by atoms with Gasteiger partial charge in [0.1, 0.15) is 5.82 Å². The van der Waals surface area contributed by atoms with Crippen molar-refractivity contribution >= 4 is 15.7 Å². The lowest BCUT2D eigenvalue weighted by molar-refractivity contribution is -0.232. The summed E-state index contributed by atoms with van der Waals surface area (Å²) in [6.07, 6.45) is 4.58. The molecule has 1 N–H and O–H groups in total. The molecule has 1 aliphatic rings. The fourth-order valence-electron chi connectivity index (χ4n) is 3.49. The molecule has 1 saturated heterocycles. The van der Waals surface area contributed by atoms with E-state index in [2.05, 4.69) is 20.3 Å². The first kappa shape index (κ1) is 24.8. The number of hydrogen-bond donors (Lipinski definition) is 1. The SMILES string of the molecule is CC1(CNC(=O)CF)COC(c2nccn2-c2ccc(F)c(-c3ccnc(S(C)(=O)=O)n3)c2)OC1. The molecule has 1 aromatic carbocycles. The standard InChI is InChI=1S/C22H23F2N5O5S/c1-22(11-27-18(30)10-23)12-33-20(34-13-22)19-25-7-8-29(19)14-3-4-16(24)15(9-14)17-5-6-26-21(28-17)35(2,31)32/h3-9,20H,10-13H2,1-2H3,(H,27,30). The van der Waals surface area contributed by atoms with E-state index in [1.165, 1.54) is 36.7 Å². The monoisotopic (exact) mass is 507 g/mol. The summed E-state index contributed by atoms with van der Waals surface area (Å²) < 4.78 is 64.1. The van der Waals surface area contributed by atoms with Crippen LogP contribution < -0.4 is 5.32 Å². The van der Waals surface area contributed by atoms with Crippen LogP contribution in [-0.2, 0) is 24.1 Å². The van der Waals surface area contributed by atoms with Crippen molar-refractivity contribution < 1.29 is 31.5 Å². The molecule has 3 aromatic rings. The zero-order valence-electron chi connectivity index (χ0n) is 18.9. The van der Waals surface area contributed by atoms with Crippen LogP contribution in [-0.4, -0.2) is 66.5 Å². The minimum absolute atomic E-state index is 0.0797. The number of aromatic nitrogens is 4. The zero-order chi connectivity index (χ0) is 25.2. The Hall–Kier alpha value is -3.29. The molecule has 0 bridgehead atoms. The van der Waals surface area contributed by atoms with Gasteiger partial charge in [0, 0.05) is 48.1 Å². The van der Waals surface area contributed by atoms with E-state index in [0.717, 1.165) is 6.26 Å². The number of nitrogens with one attached hydrogen (secondary N) is 1. The van der Waals surface area contributed by atoms with Gasteiger partial charge in [-0.15, -0.1) is 0 Å². The second-order valence-corrected chi connectivity index (χ2v) is 10.4. The molecule has 1 aliphatic heterocycles. The normalized spacial score (nSPS) is 20.5. The van der Waals surface area contributed by atoms with Crippen LogP contribution in [0.1, 0.15) is 19.0 Å². The van der Waals surface area contributed by atoms with Crippen molar-refractivity contribution in [3.63, 3.8) is 0 Å². The van der Waals surface area contributed by atoms with Gasteiger partial charge in [-0.05, 0) is 24.3 Å². The lowest BCUT2D eigenvalue weighted by atomic mass is 9.92. The number of nitrogens with zero attached hydrogens (tertiary/aromatic N) is 4. The number of hydrogen-bond acceptors (Lipinski definition) is 8. The fraction of sp³-hybridized carbons (Fsp3) is 0.364. The van der Waals surface area contributed by atoms with E-state index < -0.39 is 45.1 Å². The molecule has 186 valence electrons. The second-order valence-electron chi connectivity index (χ2n) is 8.49. The summed E-state index contributed by atoms with van der Waals surface area (Å²) in [6.45, 7) is 1.38. The van der Waals surface area contributed by atoms with Gasteiger partial charge >= 0.3 is 0 Å². The van der Waals surface area contributed by atoms with Crippen molar-refractivity contribution in [2.75, 3.05) is 32.7 Å². The molecule has 0 spiro atoms. The van der Waals surface area contributed by atoms with Gasteiger partial charge in [0.15, 0.2) is 12.5 Å². The number of carbonyl (C=O) groups excluding carboxylic acids is 1. The van der Waals surface area contributed by atoms with Crippen molar-refractivity contribution in [1.82, 2.24) is 24.8 Å². The first-order valence-electron chi connectivity index (χ1n) is 10.5. The molecule has 2 aromatic heterocycles. The van der Waals surface area contributed by atoms with E-state index in [1.807, 2.05) is 6.92 Å². The van der Waals surface area contributed by atoms with Gasteiger partial charge in [0.25, 0.3) is 5.91 Å². The van der Waals surface area contributed by atoms with E-state index >= 15 is 0 Å². The average molecular weight is 508 g/mol. The number of halogens is 2. The van der Waals surface area contributed by atoms with Gasteiger partial charge in [0.2, 0.25) is 21.3 Å². The first-order valence-corrected chi connectivity index (χ1v) is 12.4. The predicted octanol–water partition coefficient (Wildman–Crippen LogP) is 2.01. The van der Waals surface area contributed by atoms with Gasteiger partial charge in [-0.2, -0.15) is 0 Å². The highest BCUT2D eigenvalue weighted by molar-refractivity contribution is 7.90. The Bertz CT molecular complexity index is 1340. The van der Waals surface area contributed by atoms with Crippen LogP contribution in [0.5, 0.6) is 0 Å². The van der Waals surface area contributed by atoms with Gasteiger partial charge in [-0.3, -0.25) is 9.36 Å². The molecule has 4 rings (SSSR count). The maximum Gasteiger partial charge on any atom is 0.251 e. The summed E-state index contributed by atoms with van der Waals surface area (Å²) in [6, 6.07) is 5.70. The Morgan fingerprint density at radius 1 is 1.23 bits per heavy atom. The van der Waals surface area contributed by atoms with Crippen LogP contribution in [0.4, 0.5) is 8.78 Å². The van der Waals surface area contributed by atoms with E-state index in [1.54, 1.807) is 10.8 Å². The predicted molar refractivity (Wildman–Crippen MR) is 119 cm³/mol. The Labute approximate surface area is 200 Å². The third kappa shape index (κ3) is 5.52. The van der Waals surface area contributed by atoms with Crippen LogP contribution in [0.15, 0.2) is 48.0 Å². The third-order valence-corrected chi connectivity index (χ3v) is 6.21. The van der Waals surface area contributed by atoms with E-state index in [0.29, 0.717) is 11.5 Å². The summed E-state index contributed by atoms with van der Waals surface area (Å²) in [5.74, 6) is -0.898. The molecule has 3 heterocycles.